The van der Waals surface area contributed by atoms with Crippen LogP contribution in [0.5, 0.6) is 0 Å². The molecule has 0 radical (unpaired) electrons. The van der Waals surface area contributed by atoms with Crippen LogP contribution in [-0.2, 0) is 11.3 Å². The summed E-state index contributed by atoms with van der Waals surface area (Å²) >= 11 is 3.35. The number of hydrogen-bond acceptors (Lipinski definition) is 5. The van der Waals surface area contributed by atoms with E-state index in [1.807, 2.05) is 19.1 Å². The molecule has 6 nitrogen and oxygen atoms in total. The van der Waals surface area contributed by atoms with Gasteiger partial charge in [0.1, 0.15) is 17.1 Å². The molecule has 7 heteroatoms. The number of carbonyl (C=O) groups excluding carboxylic acids is 1. The van der Waals surface area contributed by atoms with E-state index in [4.69, 9.17) is 13.6 Å². The Labute approximate surface area is 170 Å². The highest BCUT2D eigenvalue weighted by Gasteiger charge is 2.26. The number of carbonyl (C=O) groups is 1. The zero-order valence-corrected chi connectivity index (χ0v) is 17.0. The van der Waals surface area contributed by atoms with E-state index in [2.05, 4.69) is 15.9 Å². The van der Waals surface area contributed by atoms with Gasteiger partial charge in [0, 0.05) is 23.7 Å². The van der Waals surface area contributed by atoms with E-state index in [1.54, 1.807) is 23.1 Å². The summed E-state index contributed by atoms with van der Waals surface area (Å²) in [4.78, 5) is 27.3. The Balaban J connectivity index is 1.66. The molecule has 0 bridgehead atoms. The standard InChI is InChI=1S/C21H20BrNO5/c1-13-4-6-16(27-13)12-23(11-15-3-2-8-26-15)21(25)20-10-18(24)17-9-14(22)5-7-19(17)28-20/h4-7,9-10,15H,2-3,8,11-12H2,1H3/t15-/m1/s1. The summed E-state index contributed by atoms with van der Waals surface area (Å²) in [6.07, 6.45) is 1.85. The Morgan fingerprint density at radius 1 is 1.21 bits per heavy atom. The number of fused-ring (bicyclic) bond motifs is 1. The maximum Gasteiger partial charge on any atom is 0.290 e. The van der Waals surface area contributed by atoms with Crippen molar-refractivity contribution >= 4 is 32.8 Å². The summed E-state index contributed by atoms with van der Waals surface area (Å²) in [5.41, 5.74) is 0.127. The van der Waals surface area contributed by atoms with Gasteiger partial charge >= 0.3 is 0 Å². The maximum atomic E-state index is 13.2. The van der Waals surface area contributed by atoms with Gasteiger partial charge in [-0.2, -0.15) is 0 Å². The lowest BCUT2D eigenvalue weighted by atomic mass is 10.2. The number of benzene rings is 1. The number of rotatable bonds is 5. The highest BCUT2D eigenvalue weighted by Crippen LogP contribution is 2.21. The molecule has 28 heavy (non-hydrogen) atoms. The minimum absolute atomic E-state index is 0.0149. The van der Waals surface area contributed by atoms with E-state index in [9.17, 15) is 9.59 Å². The average Bonchev–Trinajstić information content (AvgIpc) is 3.33. The number of aryl methyl sites for hydroxylation is 1. The minimum atomic E-state index is -0.355. The molecule has 0 saturated carbocycles. The van der Waals surface area contributed by atoms with Crippen LogP contribution in [0.15, 0.2) is 54.5 Å². The fraction of sp³-hybridized carbons (Fsp3) is 0.333. The molecular weight excluding hydrogens is 426 g/mol. The predicted molar refractivity (Wildman–Crippen MR) is 107 cm³/mol. The molecule has 1 aliphatic heterocycles. The molecule has 0 unspecified atom stereocenters. The second-order valence-corrected chi connectivity index (χ2v) is 7.86. The molecule has 1 atom stereocenters. The molecule has 2 aromatic heterocycles. The van der Waals surface area contributed by atoms with Crippen molar-refractivity contribution in [1.82, 2.24) is 4.90 Å². The van der Waals surface area contributed by atoms with Gasteiger partial charge < -0.3 is 18.5 Å². The van der Waals surface area contributed by atoms with Gasteiger partial charge in [-0.3, -0.25) is 9.59 Å². The SMILES string of the molecule is Cc1ccc(CN(C[C@H]2CCCO2)C(=O)c2cc(=O)c3cc(Br)ccc3o2)o1. The first-order valence-corrected chi connectivity index (χ1v) is 9.98. The van der Waals surface area contributed by atoms with Gasteiger partial charge in [0.2, 0.25) is 0 Å². The smallest absolute Gasteiger partial charge is 0.290 e. The van der Waals surface area contributed by atoms with Crippen molar-refractivity contribution in [3.8, 4) is 0 Å². The van der Waals surface area contributed by atoms with E-state index < -0.39 is 0 Å². The zero-order chi connectivity index (χ0) is 19.7. The monoisotopic (exact) mass is 445 g/mol. The fourth-order valence-corrected chi connectivity index (χ4v) is 3.76. The van der Waals surface area contributed by atoms with Crippen molar-refractivity contribution in [3.05, 3.63) is 68.4 Å². The third-order valence-corrected chi connectivity index (χ3v) is 5.27. The van der Waals surface area contributed by atoms with Crippen LogP contribution in [0.2, 0.25) is 0 Å². The summed E-state index contributed by atoms with van der Waals surface area (Å²) < 4.78 is 17.9. The van der Waals surface area contributed by atoms with Crippen molar-refractivity contribution in [3.63, 3.8) is 0 Å². The number of hydrogen-bond donors (Lipinski definition) is 0. The molecule has 3 heterocycles. The van der Waals surface area contributed by atoms with E-state index in [0.29, 0.717) is 29.9 Å². The molecule has 146 valence electrons. The highest BCUT2D eigenvalue weighted by atomic mass is 79.9. The van der Waals surface area contributed by atoms with Crippen LogP contribution in [0.3, 0.4) is 0 Å². The Morgan fingerprint density at radius 2 is 2.07 bits per heavy atom. The van der Waals surface area contributed by atoms with Crippen molar-refractivity contribution in [2.75, 3.05) is 13.2 Å². The van der Waals surface area contributed by atoms with E-state index in [0.717, 1.165) is 23.1 Å². The lowest BCUT2D eigenvalue weighted by Gasteiger charge is -2.24. The first-order valence-electron chi connectivity index (χ1n) is 9.19. The largest absolute Gasteiger partial charge is 0.464 e. The number of nitrogens with zero attached hydrogens (tertiary/aromatic N) is 1. The second-order valence-electron chi connectivity index (χ2n) is 6.95. The lowest BCUT2D eigenvalue weighted by molar-refractivity contribution is 0.0468. The first-order chi connectivity index (χ1) is 13.5. The third-order valence-electron chi connectivity index (χ3n) is 4.78. The van der Waals surface area contributed by atoms with E-state index in [1.165, 1.54) is 6.07 Å². The van der Waals surface area contributed by atoms with E-state index >= 15 is 0 Å². The van der Waals surface area contributed by atoms with Crippen LogP contribution in [0, 0.1) is 6.92 Å². The molecule has 1 aliphatic rings. The molecule has 4 rings (SSSR count). The molecule has 0 aliphatic carbocycles. The molecule has 1 aromatic carbocycles. The summed E-state index contributed by atoms with van der Waals surface area (Å²) in [5, 5.41) is 0.429. The first kappa shape index (κ1) is 19.0. The fourth-order valence-electron chi connectivity index (χ4n) is 3.40. The molecule has 0 spiro atoms. The van der Waals surface area contributed by atoms with Crippen LogP contribution in [0.4, 0.5) is 0 Å². The van der Waals surface area contributed by atoms with E-state index in [-0.39, 0.29) is 29.7 Å². The second kappa shape index (κ2) is 7.93. The third kappa shape index (κ3) is 4.05. The number of ether oxygens (including phenoxy) is 1. The minimum Gasteiger partial charge on any atom is -0.464 e. The summed E-state index contributed by atoms with van der Waals surface area (Å²) in [6.45, 7) is 3.26. The van der Waals surface area contributed by atoms with Crippen LogP contribution in [0.25, 0.3) is 11.0 Å². The highest BCUT2D eigenvalue weighted by molar-refractivity contribution is 9.10. The van der Waals surface area contributed by atoms with Crippen LogP contribution >= 0.6 is 15.9 Å². The molecule has 1 fully saturated rings. The van der Waals surface area contributed by atoms with Gasteiger partial charge in [0.25, 0.3) is 5.91 Å². The van der Waals surface area contributed by atoms with Crippen molar-refractivity contribution in [2.45, 2.75) is 32.4 Å². The Bertz CT molecular complexity index is 1060. The van der Waals surface area contributed by atoms with Gasteiger partial charge in [-0.15, -0.1) is 0 Å². The van der Waals surface area contributed by atoms with Gasteiger partial charge in [-0.1, -0.05) is 15.9 Å². The quantitative estimate of drug-likeness (QED) is 0.585. The van der Waals surface area contributed by atoms with Gasteiger partial charge in [0.15, 0.2) is 11.2 Å². The molecule has 1 amide bonds. The van der Waals surface area contributed by atoms with Crippen LogP contribution < -0.4 is 5.43 Å². The number of amides is 1. The number of furan rings is 1. The Morgan fingerprint density at radius 3 is 2.79 bits per heavy atom. The topological polar surface area (TPSA) is 72.9 Å². The summed E-state index contributed by atoms with van der Waals surface area (Å²) in [7, 11) is 0. The normalized spacial score (nSPS) is 16.6. The van der Waals surface area contributed by atoms with Crippen LogP contribution in [0.1, 0.15) is 34.9 Å². The Kier molecular flexibility index (Phi) is 5.37. The molecule has 0 N–H and O–H groups in total. The van der Waals surface area contributed by atoms with Gasteiger partial charge in [-0.25, -0.2) is 0 Å². The summed E-state index contributed by atoms with van der Waals surface area (Å²) in [5.74, 6) is 1.12. The average molecular weight is 446 g/mol. The molecular formula is C21H20BrNO5. The van der Waals surface area contributed by atoms with Crippen LogP contribution in [-0.4, -0.2) is 30.1 Å². The van der Waals surface area contributed by atoms with Gasteiger partial charge in [0.05, 0.1) is 18.0 Å². The predicted octanol–water partition coefficient (Wildman–Crippen LogP) is 4.28. The Hall–Kier alpha value is -2.38. The summed E-state index contributed by atoms with van der Waals surface area (Å²) in [6, 6.07) is 10.1. The molecule has 1 saturated heterocycles. The number of halogens is 1. The molecule has 3 aromatic rings. The van der Waals surface area contributed by atoms with Crippen molar-refractivity contribution < 1.29 is 18.4 Å². The zero-order valence-electron chi connectivity index (χ0n) is 15.4. The lowest BCUT2D eigenvalue weighted by Crippen LogP contribution is -2.37. The van der Waals surface area contributed by atoms with Crippen molar-refractivity contribution in [2.24, 2.45) is 0 Å². The maximum absolute atomic E-state index is 13.2. The van der Waals surface area contributed by atoms with Gasteiger partial charge in [-0.05, 0) is 50.1 Å². The van der Waals surface area contributed by atoms with Crippen molar-refractivity contribution in [1.29, 1.82) is 0 Å².